The van der Waals surface area contributed by atoms with Crippen molar-refractivity contribution in [3.8, 4) is 34.9 Å². The van der Waals surface area contributed by atoms with Crippen LogP contribution in [0.1, 0.15) is 19.3 Å². The van der Waals surface area contributed by atoms with Gasteiger partial charge in [0.2, 0.25) is 0 Å². The van der Waals surface area contributed by atoms with Gasteiger partial charge in [-0.05, 0) is 49.2 Å². The molecule has 1 saturated carbocycles. The molecule has 31 heavy (non-hydrogen) atoms. The highest BCUT2D eigenvalue weighted by molar-refractivity contribution is 5.93. The van der Waals surface area contributed by atoms with Crippen molar-refractivity contribution in [1.82, 2.24) is 24.7 Å². The topological polar surface area (TPSA) is 130 Å². The Kier molecular flexibility index (Phi) is 4.34. The molecule has 0 atom stereocenters. The van der Waals surface area contributed by atoms with Gasteiger partial charge in [0.15, 0.2) is 0 Å². The summed E-state index contributed by atoms with van der Waals surface area (Å²) in [4.78, 5) is 13.7. The molecule has 0 aromatic carbocycles. The summed E-state index contributed by atoms with van der Waals surface area (Å²) in [5.74, 6) is -0.0379. The average molecular weight is 406 g/mol. The van der Waals surface area contributed by atoms with Crippen molar-refractivity contribution >= 4 is 16.6 Å². The Morgan fingerprint density at radius 1 is 1.10 bits per heavy atom. The zero-order valence-electron chi connectivity index (χ0n) is 16.6. The number of rotatable bonds is 4. The van der Waals surface area contributed by atoms with Crippen LogP contribution < -0.4 is 5.73 Å². The molecule has 1 fully saturated rings. The molecule has 4 aromatic rings. The lowest BCUT2D eigenvalue weighted by Gasteiger charge is -2.43. The normalized spacial score (nSPS) is 20.0. The van der Waals surface area contributed by atoms with Gasteiger partial charge in [-0.3, -0.25) is 14.6 Å². The van der Waals surface area contributed by atoms with Crippen molar-refractivity contribution < 1.29 is 0 Å². The van der Waals surface area contributed by atoms with Crippen LogP contribution in [-0.2, 0) is 5.54 Å². The smallest absolute Gasteiger partial charge is 0.111 e. The maximum atomic E-state index is 9.32. The quantitative estimate of drug-likeness (QED) is 0.547. The lowest BCUT2D eigenvalue weighted by molar-refractivity contribution is 0.0884. The van der Waals surface area contributed by atoms with Gasteiger partial charge in [-0.2, -0.15) is 15.6 Å². The van der Waals surface area contributed by atoms with E-state index < -0.39 is 5.54 Å². The molecule has 2 N–H and O–H groups in total. The molecule has 0 saturated heterocycles. The van der Waals surface area contributed by atoms with E-state index in [0.717, 1.165) is 10.9 Å². The van der Waals surface area contributed by atoms with E-state index in [1.54, 1.807) is 18.5 Å². The molecule has 0 bridgehead atoms. The molecule has 150 valence electrons. The number of hydrogen-bond donors (Lipinski definition) is 1. The van der Waals surface area contributed by atoms with Crippen LogP contribution in [0.3, 0.4) is 0 Å². The Morgan fingerprint density at radius 2 is 1.97 bits per heavy atom. The van der Waals surface area contributed by atoms with Crippen LogP contribution in [0.2, 0.25) is 0 Å². The minimum absolute atomic E-state index is 0.0379. The third kappa shape index (κ3) is 3.15. The molecule has 0 spiro atoms. The highest BCUT2D eigenvalue weighted by atomic mass is 15.3. The van der Waals surface area contributed by atoms with E-state index in [-0.39, 0.29) is 5.92 Å². The predicted octanol–water partition coefficient (Wildman–Crippen LogP) is 3.68. The molecular formula is C23H18N8. The minimum Gasteiger partial charge on any atom is -0.397 e. The number of fused-ring (bicyclic) bond motifs is 1. The van der Waals surface area contributed by atoms with Crippen molar-refractivity contribution in [2.75, 3.05) is 5.73 Å². The van der Waals surface area contributed by atoms with Crippen LogP contribution in [0.25, 0.3) is 33.7 Å². The highest BCUT2D eigenvalue weighted by Crippen LogP contribution is 2.46. The van der Waals surface area contributed by atoms with Gasteiger partial charge in [0.1, 0.15) is 11.4 Å². The third-order valence-electron chi connectivity index (χ3n) is 5.81. The summed E-state index contributed by atoms with van der Waals surface area (Å²) >= 11 is 0. The van der Waals surface area contributed by atoms with Gasteiger partial charge in [0, 0.05) is 17.8 Å². The van der Waals surface area contributed by atoms with E-state index in [9.17, 15) is 10.5 Å². The first-order chi connectivity index (χ1) is 15.1. The lowest BCUT2D eigenvalue weighted by Crippen LogP contribution is -2.46. The van der Waals surface area contributed by atoms with Crippen LogP contribution in [0.4, 0.5) is 5.69 Å². The predicted molar refractivity (Wildman–Crippen MR) is 115 cm³/mol. The number of hydrogen-bond acceptors (Lipinski definition) is 7. The second-order valence-corrected chi connectivity index (χ2v) is 7.84. The van der Waals surface area contributed by atoms with Crippen molar-refractivity contribution in [2.45, 2.75) is 24.8 Å². The van der Waals surface area contributed by atoms with E-state index in [0.29, 0.717) is 47.7 Å². The summed E-state index contributed by atoms with van der Waals surface area (Å²) in [6, 6.07) is 15.8. The first kappa shape index (κ1) is 18.7. The van der Waals surface area contributed by atoms with E-state index in [1.165, 1.54) is 0 Å². The summed E-state index contributed by atoms with van der Waals surface area (Å²) in [6.07, 6.45) is 6.79. The van der Waals surface area contributed by atoms with E-state index in [2.05, 4.69) is 22.1 Å². The SMILES string of the molecule is N#CC[C@]1(n2ccc(-c3nc(-c4ccc(N)cn4)cc4ncccc34)n2)C[C@@H](C#N)C1. The first-order valence-corrected chi connectivity index (χ1v) is 9.93. The highest BCUT2D eigenvalue weighted by Gasteiger charge is 2.46. The molecule has 8 heteroatoms. The Morgan fingerprint density at radius 3 is 2.71 bits per heavy atom. The van der Waals surface area contributed by atoms with Crippen molar-refractivity contribution in [3.63, 3.8) is 0 Å². The summed E-state index contributed by atoms with van der Waals surface area (Å²) < 4.78 is 1.83. The van der Waals surface area contributed by atoms with Gasteiger partial charge >= 0.3 is 0 Å². The largest absolute Gasteiger partial charge is 0.397 e. The Balaban J connectivity index is 1.62. The fourth-order valence-corrected chi connectivity index (χ4v) is 4.18. The number of anilines is 1. The molecule has 0 unspecified atom stereocenters. The van der Waals surface area contributed by atoms with E-state index in [1.807, 2.05) is 41.2 Å². The standard InChI is InChI=1S/C23H18N8/c24-7-6-23(11-15(12-23)13-25)31-9-5-19(30-31)22-17-2-1-8-27-20(17)10-21(29-22)18-4-3-16(26)14-28-18/h1-5,8-10,14-15H,6,11-12,26H2/t15-,23+. The second-order valence-electron chi connectivity index (χ2n) is 7.84. The molecule has 0 amide bonds. The second kappa shape index (κ2) is 7.19. The molecule has 1 aliphatic rings. The third-order valence-corrected chi connectivity index (χ3v) is 5.81. The number of nitrogen functional groups attached to an aromatic ring is 1. The van der Waals surface area contributed by atoms with Gasteiger partial charge in [-0.15, -0.1) is 0 Å². The number of nitrogens with two attached hydrogens (primary N) is 1. The van der Waals surface area contributed by atoms with Crippen molar-refractivity contribution in [1.29, 1.82) is 10.5 Å². The Bertz CT molecular complexity index is 1350. The zero-order chi connectivity index (χ0) is 21.4. The Labute approximate surface area is 178 Å². The first-order valence-electron chi connectivity index (χ1n) is 9.93. The fraction of sp³-hybridized carbons (Fsp3) is 0.217. The summed E-state index contributed by atoms with van der Waals surface area (Å²) in [7, 11) is 0. The van der Waals surface area contributed by atoms with Crippen LogP contribution in [0.5, 0.6) is 0 Å². The molecule has 4 aromatic heterocycles. The summed E-state index contributed by atoms with van der Waals surface area (Å²) in [6.45, 7) is 0. The number of nitriles is 2. The monoisotopic (exact) mass is 406 g/mol. The zero-order valence-corrected chi connectivity index (χ0v) is 16.6. The number of nitrogens with zero attached hydrogens (tertiary/aromatic N) is 7. The van der Waals surface area contributed by atoms with Gasteiger partial charge in [-0.25, -0.2) is 4.98 Å². The average Bonchev–Trinajstić information content (AvgIpc) is 3.26. The molecule has 0 aliphatic heterocycles. The molecule has 1 aliphatic carbocycles. The summed E-state index contributed by atoms with van der Waals surface area (Å²) in [5.41, 5.74) is 9.46. The maximum Gasteiger partial charge on any atom is 0.111 e. The van der Waals surface area contributed by atoms with Crippen molar-refractivity contribution in [3.05, 3.63) is 55.0 Å². The Hall–Kier alpha value is -4.30. The lowest BCUT2D eigenvalue weighted by atomic mass is 9.67. The van der Waals surface area contributed by atoms with E-state index >= 15 is 0 Å². The van der Waals surface area contributed by atoms with Gasteiger partial charge in [0.05, 0.1) is 58.8 Å². The number of pyridine rings is 3. The molecule has 8 nitrogen and oxygen atoms in total. The fourth-order valence-electron chi connectivity index (χ4n) is 4.18. The van der Waals surface area contributed by atoms with Crippen molar-refractivity contribution in [2.24, 2.45) is 5.92 Å². The van der Waals surface area contributed by atoms with Crippen LogP contribution in [-0.4, -0.2) is 24.7 Å². The maximum absolute atomic E-state index is 9.32. The molecule has 5 rings (SSSR count). The molecule has 0 radical (unpaired) electrons. The van der Waals surface area contributed by atoms with Gasteiger partial charge in [-0.1, -0.05) is 0 Å². The van der Waals surface area contributed by atoms with Crippen LogP contribution in [0, 0.1) is 28.6 Å². The van der Waals surface area contributed by atoms with Crippen LogP contribution >= 0.6 is 0 Å². The van der Waals surface area contributed by atoms with Gasteiger partial charge in [0.25, 0.3) is 0 Å². The van der Waals surface area contributed by atoms with E-state index in [4.69, 9.17) is 15.8 Å². The minimum atomic E-state index is -0.433. The summed E-state index contributed by atoms with van der Waals surface area (Å²) in [5, 5.41) is 24.2. The molecular weight excluding hydrogens is 388 g/mol. The van der Waals surface area contributed by atoms with Crippen LogP contribution in [0.15, 0.2) is 55.0 Å². The number of aromatic nitrogens is 5. The molecule has 4 heterocycles. The van der Waals surface area contributed by atoms with Gasteiger partial charge < -0.3 is 5.73 Å².